The maximum absolute atomic E-state index is 13.4. The van der Waals surface area contributed by atoms with Crippen molar-refractivity contribution in [1.29, 1.82) is 0 Å². The Kier molecular flexibility index (Phi) is 5.44. The van der Waals surface area contributed by atoms with Gasteiger partial charge in [0.1, 0.15) is 10.8 Å². The van der Waals surface area contributed by atoms with Crippen LogP contribution in [0.25, 0.3) is 10.6 Å². The summed E-state index contributed by atoms with van der Waals surface area (Å²) in [5, 5.41) is 8.45. The number of rotatable bonds is 5. The van der Waals surface area contributed by atoms with Crippen LogP contribution in [0.1, 0.15) is 52.7 Å². The molecule has 5 heterocycles. The van der Waals surface area contributed by atoms with Crippen LogP contribution in [0.4, 0.5) is 24.9 Å². The van der Waals surface area contributed by atoms with Crippen molar-refractivity contribution in [2.75, 3.05) is 5.32 Å². The van der Waals surface area contributed by atoms with Gasteiger partial charge in [-0.1, -0.05) is 0 Å². The lowest BCUT2D eigenvalue weighted by molar-refractivity contribution is -0.140. The van der Waals surface area contributed by atoms with Gasteiger partial charge < -0.3 is 10.2 Å². The van der Waals surface area contributed by atoms with Crippen molar-refractivity contribution in [1.82, 2.24) is 29.6 Å². The van der Waals surface area contributed by atoms with Crippen molar-refractivity contribution in [3.8, 4) is 10.6 Å². The number of amides is 1. The molecule has 13 heteroatoms. The molecule has 0 aromatic carbocycles. The van der Waals surface area contributed by atoms with Gasteiger partial charge in [-0.25, -0.2) is 15.0 Å². The Morgan fingerprint density at radius 1 is 1.17 bits per heavy atom. The minimum absolute atomic E-state index is 0.244. The van der Waals surface area contributed by atoms with E-state index in [-0.39, 0.29) is 10.9 Å². The highest BCUT2D eigenvalue weighted by Gasteiger charge is 2.48. The van der Waals surface area contributed by atoms with Gasteiger partial charge in [0.05, 0.1) is 33.9 Å². The number of halogens is 3. The molecule has 0 radical (unpaired) electrons. The largest absolute Gasteiger partial charge is 0.434 e. The van der Waals surface area contributed by atoms with Gasteiger partial charge in [-0.2, -0.15) is 18.3 Å². The Bertz CT molecular complexity index is 1420. The first-order valence-corrected chi connectivity index (χ1v) is 12.3. The zero-order chi connectivity index (χ0) is 25.1. The zero-order valence-corrected chi connectivity index (χ0v) is 20.7. The van der Waals surface area contributed by atoms with E-state index in [1.165, 1.54) is 11.3 Å². The number of thiazole rings is 1. The Labute approximate surface area is 206 Å². The first kappa shape index (κ1) is 23.4. The predicted molar refractivity (Wildman–Crippen MR) is 127 cm³/mol. The summed E-state index contributed by atoms with van der Waals surface area (Å²) in [6.07, 6.45) is -1.23. The fraction of sp³-hybridized carbons (Fsp3) is 0.318. The number of aryl methyl sites for hydroxylation is 1. The van der Waals surface area contributed by atoms with Crippen LogP contribution in [0, 0.1) is 0 Å². The summed E-state index contributed by atoms with van der Waals surface area (Å²) >= 11 is 2.34. The summed E-state index contributed by atoms with van der Waals surface area (Å²) < 4.78 is 40.8. The second kappa shape index (κ2) is 8.12. The molecule has 0 bridgehead atoms. The van der Waals surface area contributed by atoms with Crippen molar-refractivity contribution in [2.45, 2.75) is 38.5 Å². The minimum atomic E-state index is -4.52. The van der Waals surface area contributed by atoms with Gasteiger partial charge in [-0.15, -0.1) is 22.7 Å². The lowest BCUT2D eigenvalue weighted by Crippen LogP contribution is -2.40. The van der Waals surface area contributed by atoms with Gasteiger partial charge in [0, 0.05) is 29.6 Å². The third kappa shape index (κ3) is 3.97. The van der Waals surface area contributed by atoms with Crippen LogP contribution in [-0.4, -0.2) is 35.5 Å². The fourth-order valence-electron chi connectivity index (χ4n) is 4.17. The van der Waals surface area contributed by atoms with Crippen molar-refractivity contribution in [2.24, 2.45) is 7.05 Å². The molecule has 182 valence electrons. The van der Waals surface area contributed by atoms with Crippen LogP contribution in [-0.2, 0) is 18.8 Å². The standard InChI is InChI=1S/C22H20F3N7OS2/c1-11(18-29-15(10-34-18)22(23,24)25)32-19(33)12-9-14(35-17(12)21(32,2)3)13-5-7-26-20(28-13)30-16-6-8-27-31(16)4/h5-11H,1-4H3,(H,26,28,30). The average Bonchev–Trinajstić information content (AvgIpc) is 3.55. The average molecular weight is 520 g/mol. The highest BCUT2D eigenvalue weighted by molar-refractivity contribution is 7.16. The first-order chi connectivity index (χ1) is 16.5. The van der Waals surface area contributed by atoms with Crippen LogP contribution >= 0.6 is 22.7 Å². The maximum atomic E-state index is 13.4. The summed E-state index contributed by atoms with van der Waals surface area (Å²) in [4.78, 5) is 29.2. The van der Waals surface area contributed by atoms with Gasteiger partial charge in [-0.3, -0.25) is 9.48 Å². The smallest absolute Gasteiger partial charge is 0.319 e. The molecule has 4 aromatic heterocycles. The summed E-state index contributed by atoms with van der Waals surface area (Å²) in [7, 11) is 1.80. The highest BCUT2D eigenvalue weighted by atomic mass is 32.1. The Balaban J connectivity index is 1.43. The summed E-state index contributed by atoms with van der Waals surface area (Å²) in [5.74, 6) is 0.878. The number of nitrogens with zero attached hydrogens (tertiary/aromatic N) is 6. The van der Waals surface area contributed by atoms with Crippen LogP contribution in [0.2, 0.25) is 0 Å². The Morgan fingerprint density at radius 2 is 1.94 bits per heavy atom. The van der Waals surface area contributed by atoms with E-state index in [4.69, 9.17) is 0 Å². The van der Waals surface area contributed by atoms with Crippen molar-refractivity contribution >= 4 is 40.3 Å². The molecule has 1 unspecified atom stereocenters. The summed E-state index contributed by atoms with van der Waals surface area (Å²) in [5.41, 5.74) is -0.497. The predicted octanol–water partition coefficient (Wildman–Crippen LogP) is 5.61. The molecule has 4 aromatic rings. The number of carbonyl (C=O) groups excluding carboxylic acids is 1. The molecule has 0 spiro atoms. The van der Waals surface area contributed by atoms with E-state index in [1.54, 1.807) is 54.1 Å². The number of anilines is 2. The molecule has 5 rings (SSSR count). The second-order valence-electron chi connectivity index (χ2n) is 8.56. The summed E-state index contributed by atoms with van der Waals surface area (Å²) in [6, 6.07) is 4.74. The van der Waals surface area contributed by atoms with Gasteiger partial charge in [-0.05, 0) is 32.9 Å². The first-order valence-electron chi connectivity index (χ1n) is 10.6. The van der Waals surface area contributed by atoms with E-state index in [0.29, 0.717) is 17.2 Å². The van der Waals surface area contributed by atoms with Gasteiger partial charge in [0.2, 0.25) is 5.95 Å². The number of hydrogen-bond acceptors (Lipinski definition) is 8. The lowest BCUT2D eigenvalue weighted by Gasteiger charge is -2.36. The number of alkyl halides is 3. The van der Waals surface area contributed by atoms with Crippen LogP contribution in [0.15, 0.2) is 36.0 Å². The Morgan fingerprint density at radius 3 is 2.57 bits per heavy atom. The van der Waals surface area contributed by atoms with Gasteiger partial charge >= 0.3 is 6.18 Å². The highest BCUT2D eigenvalue weighted by Crippen LogP contribution is 2.49. The number of thiophene rings is 1. The molecule has 1 aliphatic heterocycles. The Hall–Kier alpha value is -3.32. The molecule has 1 N–H and O–H groups in total. The molecule has 1 amide bonds. The molecule has 0 aliphatic carbocycles. The van der Waals surface area contributed by atoms with E-state index >= 15 is 0 Å². The SMILES string of the molecule is CC(c1nc(C(F)(F)F)cs1)N1C(=O)c2cc(-c3ccnc(Nc4ccnn4C)n3)sc2C1(C)C. The topological polar surface area (TPSA) is 88.8 Å². The molecule has 8 nitrogen and oxygen atoms in total. The molecule has 0 fully saturated rings. The van der Waals surface area contributed by atoms with Crippen LogP contribution < -0.4 is 5.32 Å². The monoisotopic (exact) mass is 519 g/mol. The molecule has 0 saturated carbocycles. The third-order valence-corrected chi connectivity index (χ3v) is 8.35. The number of hydrogen-bond donors (Lipinski definition) is 1. The molecule has 0 saturated heterocycles. The molecule has 35 heavy (non-hydrogen) atoms. The van der Waals surface area contributed by atoms with Crippen LogP contribution in [0.3, 0.4) is 0 Å². The van der Waals surface area contributed by atoms with Crippen molar-refractivity contribution in [3.05, 3.63) is 57.1 Å². The summed E-state index contributed by atoms with van der Waals surface area (Å²) in [6.45, 7) is 5.49. The van der Waals surface area contributed by atoms with E-state index in [1.807, 2.05) is 13.8 Å². The minimum Gasteiger partial charge on any atom is -0.319 e. The normalized spacial score (nSPS) is 16.0. The fourth-order valence-corrected chi connectivity index (χ4v) is 6.26. The van der Waals surface area contributed by atoms with E-state index < -0.39 is 23.5 Å². The van der Waals surface area contributed by atoms with Crippen molar-refractivity contribution in [3.63, 3.8) is 0 Å². The van der Waals surface area contributed by atoms with Gasteiger partial charge in [0.15, 0.2) is 5.69 Å². The van der Waals surface area contributed by atoms with Crippen LogP contribution in [0.5, 0.6) is 0 Å². The number of aromatic nitrogens is 5. The molecule has 1 atom stereocenters. The number of fused-ring (bicyclic) bond motifs is 1. The maximum Gasteiger partial charge on any atom is 0.434 e. The molecule has 1 aliphatic rings. The molecular formula is C22H20F3N7OS2. The van der Waals surface area contributed by atoms with E-state index in [2.05, 4.69) is 25.4 Å². The quantitative estimate of drug-likeness (QED) is 0.369. The van der Waals surface area contributed by atoms with E-state index in [0.717, 1.165) is 32.3 Å². The number of nitrogens with one attached hydrogen (secondary N) is 1. The third-order valence-electron chi connectivity index (χ3n) is 5.87. The van der Waals surface area contributed by atoms with E-state index in [9.17, 15) is 18.0 Å². The second-order valence-corrected chi connectivity index (χ2v) is 10.5. The lowest BCUT2D eigenvalue weighted by atomic mass is 10.0. The zero-order valence-electron chi connectivity index (χ0n) is 19.1. The van der Waals surface area contributed by atoms with Crippen molar-refractivity contribution < 1.29 is 18.0 Å². The molecular weight excluding hydrogens is 499 g/mol. The number of carbonyl (C=O) groups is 1. The van der Waals surface area contributed by atoms with Gasteiger partial charge in [0.25, 0.3) is 5.91 Å².